The van der Waals surface area contributed by atoms with E-state index in [4.69, 9.17) is 4.84 Å². The second-order valence-electron chi connectivity index (χ2n) is 3.53. The van der Waals surface area contributed by atoms with E-state index in [-0.39, 0.29) is 13.3 Å². The molecule has 0 aromatic heterocycles. The molecule has 2 fully saturated rings. The van der Waals surface area contributed by atoms with E-state index in [9.17, 15) is 4.79 Å². The van der Waals surface area contributed by atoms with Gasteiger partial charge in [0, 0.05) is 14.4 Å². The lowest BCUT2D eigenvalue weighted by Gasteiger charge is -2.14. The fourth-order valence-corrected chi connectivity index (χ4v) is 2.08. The number of amides is 1. The number of carbonyl (C=O) groups is 1. The molecule has 1 saturated carbocycles. The van der Waals surface area contributed by atoms with Gasteiger partial charge in [-0.2, -0.15) is 0 Å². The van der Waals surface area contributed by atoms with Gasteiger partial charge in [-0.25, -0.2) is 5.06 Å². The number of hydrogen-bond acceptors (Lipinski definition) is 3. The van der Waals surface area contributed by atoms with E-state index >= 15 is 0 Å². The molecule has 2 rings (SSSR count). The lowest BCUT2D eigenvalue weighted by molar-refractivity contribution is -0.171. The van der Waals surface area contributed by atoms with E-state index in [1.54, 1.807) is 7.05 Å². The zero-order valence-corrected chi connectivity index (χ0v) is 7.41. The van der Waals surface area contributed by atoms with Gasteiger partial charge < -0.3 is 5.32 Å². The standard InChI is InChI=1S/C8H14N2O2.H2/c1-10(12-2)8(11)7-5-3-9-4-6(5)7;/h5-7,9H,3-4H2,1-2H3;1H. The maximum Gasteiger partial charge on any atom is 0.249 e. The summed E-state index contributed by atoms with van der Waals surface area (Å²) in [6, 6.07) is 0. The van der Waals surface area contributed by atoms with Crippen LogP contribution in [0.3, 0.4) is 0 Å². The summed E-state index contributed by atoms with van der Waals surface area (Å²) >= 11 is 0. The average molecular weight is 172 g/mol. The van der Waals surface area contributed by atoms with E-state index in [0.717, 1.165) is 13.1 Å². The molecule has 2 atom stereocenters. The minimum Gasteiger partial charge on any atom is -0.316 e. The highest BCUT2D eigenvalue weighted by Gasteiger charge is 2.57. The molecular weight excluding hydrogens is 156 g/mol. The van der Waals surface area contributed by atoms with Crippen LogP contribution in [0, 0.1) is 17.8 Å². The van der Waals surface area contributed by atoms with E-state index in [1.165, 1.54) is 12.2 Å². The van der Waals surface area contributed by atoms with Gasteiger partial charge in [-0.05, 0) is 24.9 Å². The summed E-state index contributed by atoms with van der Waals surface area (Å²) in [5.74, 6) is 1.52. The van der Waals surface area contributed by atoms with Gasteiger partial charge in [0.15, 0.2) is 0 Å². The molecule has 2 unspecified atom stereocenters. The smallest absolute Gasteiger partial charge is 0.249 e. The van der Waals surface area contributed by atoms with E-state index in [0.29, 0.717) is 11.8 Å². The van der Waals surface area contributed by atoms with Crippen LogP contribution in [0.2, 0.25) is 0 Å². The Balaban J connectivity index is 0.000000845. The highest BCUT2D eigenvalue weighted by molar-refractivity contribution is 5.81. The van der Waals surface area contributed by atoms with Gasteiger partial charge in [0.2, 0.25) is 5.91 Å². The van der Waals surface area contributed by atoms with Crippen molar-refractivity contribution in [2.24, 2.45) is 17.8 Å². The van der Waals surface area contributed by atoms with Crippen LogP contribution in [-0.2, 0) is 9.63 Å². The predicted molar refractivity (Wildman–Crippen MR) is 45.2 cm³/mol. The molecule has 70 valence electrons. The lowest BCUT2D eigenvalue weighted by Crippen LogP contribution is -2.30. The Morgan fingerprint density at radius 1 is 1.58 bits per heavy atom. The van der Waals surface area contributed by atoms with Gasteiger partial charge in [-0.1, -0.05) is 0 Å². The fourth-order valence-electron chi connectivity index (χ4n) is 2.08. The average Bonchev–Trinajstić information content (AvgIpc) is 2.56. The molecule has 1 aliphatic heterocycles. The van der Waals surface area contributed by atoms with Crippen LogP contribution in [0.1, 0.15) is 1.43 Å². The summed E-state index contributed by atoms with van der Waals surface area (Å²) in [5.41, 5.74) is 0. The van der Waals surface area contributed by atoms with Crippen molar-refractivity contribution in [2.45, 2.75) is 0 Å². The first-order chi connectivity index (χ1) is 5.75. The summed E-state index contributed by atoms with van der Waals surface area (Å²) < 4.78 is 0. The van der Waals surface area contributed by atoms with Crippen molar-refractivity contribution in [3.63, 3.8) is 0 Å². The predicted octanol–water partition coefficient (Wildman–Crippen LogP) is -0.282. The molecule has 0 bridgehead atoms. The molecule has 0 aromatic rings. The summed E-state index contributed by atoms with van der Waals surface area (Å²) in [7, 11) is 3.19. The molecule has 12 heavy (non-hydrogen) atoms. The van der Waals surface area contributed by atoms with Crippen molar-refractivity contribution in [2.75, 3.05) is 27.2 Å². The second-order valence-corrected chi connectivity index (χ2v) is 3.53. The monoisotopic (exact) mass is 172 g/mol. The number of fused-ring (bicyclic) bond motifs is 1. The topological polar surface area (TPSA) is 41.6 Å². The first-order valence-corrected chi connectivity index (χ1v) is 4.28. The Morgan fingerprint density at radius 3 is 2.67 bits per heavy atom. The maximum atomic E-state index is 11.5. The normalized spacial score (nSPS) is 37.7. The molecule has 1 N–H and O–H groups in total. The highest BCUT2D eigenvalue weighted by atomic mass is 16.7. The summed E-state index contributed by atoms with van der Waals surface area (Å²) in [6.07, 6.45) is 0. The minimum absolute atomic E-state index is 0. The molecule has 0 aromatic carbocycles. The van der Waals surface area contributed by atoms with E-state index < -0.39 is 0 Å². The summed E-state index contributed by atoms with van der Waals surface area (Å²) in [6.45, 7) is 2.00. The highest BCUT2D eigenvalue weighted by Crippen LogP contribution is 2.49. The van der Waals surface area contributed by atoms with Gasteiger partial charge in [0.25, 0.3) is 0 Å². The number of nitrogens with one attached hydrogen (secondary N) is 1. The van der Waals surface area contributed by atoms with Crippen molar-refractivity contribution >= 4 is 5.91 Å². The van der Waals surface area contributed by atoms with Crippen molar-refractivity contribution in [1.29, 1.82) is 0 Å². The molecule has 1 amide bonds. The Morgan fingerprint density at radius 2 is 2.17 bits per heavy atom. The van der Waals surface area contributed by atoms with Crippen molar-refractivity contribution in [3.8, 4) is 0 Å². The van der Waals surface area contributed by atoms with Crippen molar-refractivity contribution in [3.05, 3.63) is 0 Å². The maximum absolute atomic E-state index is 11.5. The minimum atomic E-state index is 0. The lowest BCUT2D eigenvalue weighted by atomic mass is 10.2. The first kappa shape index (κ1) is 8.01. The number of piperidine rings is 1. The van der Waals surface area contributed by atoms with Gasteiger partial charge in [0.1, 0.15) is 0 Å². The van der Waals surface area contributed by atoms with Crippen LogP contribution in [0.4, 0.5) is 0 Å². The van der Waals surface area contributed by atoms with Crippen LogP contribution in [-0.4, -0.2) is 38.2 Å². The number of hydrogen-bond donors (Lipinski definition) is 1. The number of rotatable bonds is 2. The van der Waals surface area contributed by atoms with Gasteiger partial charge in [-0.15, -0.1) is 0 Å². The molecule has 0 spiro atoms. The number of hydroxylamine groups is 2. The quantitative estimate of drug-likeness (QED) is 0.582. The molecular formula is C8H16N2O2. The number of nitrogens with zero attached hydrogens (tertiary/aromatic N) is 1. The van der Waals surface area contributed by atoms with Gasteiger partial charge in [-0.3, -0.25) is 9.63 Å². The van der Waals surface area contributed by atoms with Gasteiger partial charge in [0.05, 0.1) is 7.11 Å². The van der Waals surface area contributed by atoms with E-state index in [2.05, 4.69) is 5.32 Å². The largest absolute Gasteiger partial charge is 0.316 e. The molecule has 2 aliphatic rings. The van der Waals surface area contributed by atoms with Crippen LogP contribution in [0.25, 0.3) is 0 Å². The zero-order chi connectivity index (χ0) is 8.72. The van der Waals surface area contributed by atoms with Gasteiger partial charge >= 0.3 is 0 Å². The Bertz CT molecular complexity index is 202. The zero-order valence-electron chi connectivity index (χ0n) is 7.41. The first-order valence-electron chi connectivity index (χ1n) is 4.28. The van der Waals surface area contributed by atoms with Crippen molar-refractivity contribution < 1.29 is 11.1 Å². The van der Waals surface area contributed by atoms with Crippen LogP contribution < -0.4 is 5.32 Å². The number of carbonyl (C=O) groups excluding carboxylic acids is 1. The molecule has 4 heteroatoms. The third-order valence-electron chi connectivity index (χ3n) is 2.96. The Hall–Kier alpha value is -0.610. The molecule has 4 nitrogen and oxygen atoms in total. The van der Waals surface area contributed by atoms with Crippen LogP contribution in [0.5, 0.6) is 0 Å². The third kappa shape index (κ3) is 1.03. The summed E-state index contributed by atoms with van der Waals surface area (Å²) in [4.78, 5) is 16.4. The molecule has 1 saturated heterocycles. The van der Waals surface area contributed by atoms with Crippen LogP contribution >= 0.6 is 0 Å². The molecule has 1 aliphatic carbocycles. The molecule has 1 heterocycles. The second kappa shape index (κ2) is 2.71. The third-order valence-corrected chi connectivity index (χ3v) is 2.96. The van der Waals surface area contributed by atoms with E-state index in [1.807, 2.05) is 0 Å². The fraction of sp³-hybridized carbons (Fsp3) is 0.875. The Kier molecular flexibility index (Phi) is 1.81. The van der Waals surface area contributed by atoms with Crippen LogP contribution in [0.15, 0.2) is 0 Å². The van der Waals surface area contributed by atoms with Crippen molar-refractivity contribution in [1.82, 2.24) is 10.4 Å². The summed E-state index contributed by atoms with van der Waals surface area (Å²) in [5, 5.41) is 4.59. The molecule has 0 radical (unpaired) electrons. The SMILES string of the molecule is CON(C)C(=O)C1C2CNCC21.[HH]. The Labute approximate surface area is 73.3 Å².